The first-order valence-corrected chi connectivity index (χ1v) is 7.64. The zero-order valence-electron chi connectivity index (χ0n) is 12.1. The first-order valence-electron chi connectivity index (χ1n) is 6.89. The number of nitrogens with one attached hydrogen (secondary N) is 2. The Kier molecular flexibility index (Phi) is 5.80. The maximum Gasteiger partial charge on any atom is 0.310 e. The summed E-state index contributed by atoms with van der Waals surface area (Å²) in [6.45, 7) is 0. The Labute approximate surface area is 146 Å². The second-order valence-corrected chi connectivity index (χ2v) is 6.06. The molecule has 1 aliphatic rings. The van der Waals surface area contributed by atoms with Crippen LogP contribution in [0.3, 0.4) is 0 Å². The van der Waals surface area contributed by atoms with Gasteiger partial charge in [-0.3, -0.25) is 14.4 Å². The minimum atomic E-state index is -2.46. The van der Waals surface area contributed by atoms with E-state index in [1.807, 2.05) is 0 Å². The molecule has 0 saturated heterocycles. The number of rotatable bonds is 5. The maximum absolute atomic E-state index is 14.0. The SMILES string of the molecule is O=C(Nc1cc(Cl)cc(Cl)c1)C(F)C(=O)N[C@H]1C=C[C@@H](C(=O)O)C1. The number of alkyl halides is 1. The number of aliphatic carboxylic acids is 1. The van der Waals surface area contributed by atoms with Crippen molar-refractivity contribution in [3.63, 3.8) is 0 Å². The Balaban J connectivity index is 1.92. The van der Waals surface area contributed by atoms with Crippen LogP contribution in [0.2, 0.25) is 10.0 Å². The molecule has 1 unspecified atom stereocenters. The number of carbonyl (C=O) groups excluding carboxylic acids is 2. The molecule has 128 valence electrons. The van der Waals surface area contributed by atoms with E-state index in [1.165, 1.54) is 30.4 Å². The average Bonchev–Trinajstić information content (AvgIpc) is 2.93. The van der Waals surface area contributed by atoms with E-state index in [2.05, 4.69) is 10.6 Å². The predicted octanol–water partition coefficient (Wildman–Crippen LogP) is 2.42. The number of benzene rings is 1. The average molecular weight is 375 g/mol. The van der Waals surface area contributed by atoms with E-state index >= 15 is 0 Å². The summed E-state index contributed by atoms with van der Waals surface area (Å²) < 4.78 is 14.0. The molecule has 3 N–H and O–H groups in total. The number of carbonyl (C=O) groups is 3. The molecular weight excluding hydrogens is 362 g/mol. The molecule has 0 aromatic heterocycles. The third kappa shape index (κ3) is 4.69. The van der Waals surface area contributed by atoms with Gasteiger partial charge in [0, 0.05) is 21.8 Å². The summed E-state index contributed by atoms with van der Waals surface area (Å²) in [7, 11) is 0. The van der Waals surface area contributed by atoms with E-state index in [0.717, 1.165) is 0 Å². The van der Waals surface area contributed by atoms with E-state index in [4.69, 9.17) is 28.3 Å². The number of amides is 2. The second kappa shape index (κ2) is 7.63. The molecule has 0 heterocycles. The summed E-state index contributed by atoms with van der Waals surface area (Å²) in [4.78, 5) is 34.3. The monoisotopic (exact) mass is 374 g/mol. The third-order valence-corrected chi connectivity index (χ3v) is 3.76. The van der Waals surface area contributed by atoms with E-state index in [0.29, 0.717) is 0 Å². The molecule has 0 saturated carbocycles. The van der Waals surface area contributed by atoms with Crippen molar-refractivity contribution in [2.45, 2.75) is 18.6 Å². The van der Waals surface area contributed by atoms with E-state index in [1.54, 1.807) is 0 Å². The molecule has 1 aliphatic carbocycles. The standard InChI is InChI=1S/C15H13Cl2FN2O4/c16-8-4-9(17)6-11(5-8)20-14(22)12(18)13(21)19-10-2-1-7(3-10)15(23)24/h1-2,4-7,10,12H,3H2,(H,19,21)(H,20,22)(H,23,24)/t7-,10+,12?/m1/s1. The highest BCUT2D eigenvalue weighted by atomic mass is 35.5. The van der Waals surface area contributed by atoms with Crippen molar-refractivity contribution in [3.05, 3.63) is 40.4 Å². The van der Waals surface area contributed by atoms with Crippen molar-refractivity contribution in [1.29, 1.82) is 0 Å². The summed E-state index contributed by atoms with van der Waals surface area (Å²) in [5.41, 5.74) is 0.152. The minimum Gasteiger partial charge on any atom is -0.481 e. The predicted molar refractivity (Wildman–Crippen MR) is 86.8 cm³/mol. The fraction of sp³-hybridized carbons (Fsp3) is 0.267. The van der Waals surface area contributed by atoms with Gasteiger partial charge in [0.2, 0.25) is 0 Å². The van der Waals surface area contributed by atoms with Crippen molar-refractivity contribution in [1.82, 2.24) is 5.32 Å². The number of carboxylic acid groups (broad SMARTS) is 1. The Morgan fingerprint density at radius 3 is 2.29 bits per heavy atom. The molecule has 0 aliphatic heterocycles. The summed E-state index contributed by atoms with van der Waals surface area (Å²) in [6.07, 6.45) is 0.520. The van der Waals surface area contributed by atoms with Crippen LogP contribution in [0.4, 0.5) is 10.1 Å². The van der Waals surface area contributed by atoms with Gasteiger partial charge in [-0.2, -0.15) is 0 Å². The molecule has 2 rings (SSSR count). The van der Waals surface area contributed by atoms with Crippen LogP contribution in [0.15, 0.2) is 30.4 Å². The first-order chi connectivity index (χ1) is 11.3. The van der Waals surface area contributed by atoms with Crippen molar-refractivity contribution in [3.8, 4) is 0 Å². The molecule has 0 spiro atoms. The van der Waals surface area contributed by atoms with Crippen LogP contribution >= 0.6 is 23.2 Å². The molecule has 3 atom stereocenters. The van der Waals surface area contributed by atoms with E-state index < -0.39 is 35.9 Å². The van der Waals surface area contributed by atoms with E-state index in [-0.39, 0.29) is 22.2 Å². The molecule has 6 nitrogen and oxygen atoms in total. The third-order valence-electron chi connectivity index (χ3n) is 3.32. The number of hydrogen-bond donors (Lipinski definition) is 3. The van der Waals surface area contributed by atoms with Crippen molar-refractivity contribution in [2.24, 2.45) is 5.92 Å². The van der Waals surface area contributed by atoms with Crippen LogP contribution in [-0.2, 0) is 14.4 Å². The lowest BCUT2D eigenvalue weighted by molar-refractivity contribution is -0.140. The lowest BCUT2D eigenvalue weighted by Gasteiger charge is -2.14. The molecule has 2 amide bonds. The van der Waals surface area contributed by atoms with Crippen molar-refractivity contribution >= 4 is 46.7 Å². The zero-order chi connectivity index (χ0) is 17.9. The smallest absolute Gasteiger partial charge is 0.310 e. The number of carboxylic acids is 1. The van der Waals surface area contributed by atoms with Gasteiger partial charge in [0.05, 0.1) is 5.92 Å². The second-order valence-electron chi connectivity index (χ2n) is 5.19. The van der Waals surface area contributed by atoms with Crippen LogP contribution in [0.1, 0.15) is 6.42 Å². The number of anilines is 1. The molecule has 0 radical (unpaired) electrons. The van der Waals surface area contributed by atoms with Crippen LogP contribution < -0.4 is 10.6 Å². The lowest BCUT2D eigenvalue weighted by atomic mass is 10.1. The molecule has 0 bridgehead atoms. The fourth-order valence-corrected chi connectivity index (χ4v) is 2.72. The molecule has 1 aromatic carbocycles. The topological polar surface area (TPSA) is 95.5 Å². The highest BCUT2D eigenvalue weighted by Gasteiger charge is 2.31. The molecule has 0 fully saturated rings. The van der Waals surface area contributed by atoms with Crippen LogP contribution in [-0.4, -0.2) is 35.1 Å². The Morgan fingerprint density at radius 2 is 1.75 bits per heavy atom. The van der Waals surface area contributed by atoms with Gasteiger partial charge in [0.15, 0.2) is 0 Å². The molecule has 24 heavy (non-hydrogen) atoms. The highest BCUT2D eigenvalue weighted by molar-refractivity contribution is 6.35. The zero-order valence-corrected chi connectivity index (χ0v) is 13.6. The number of halogens is 3. The Morgan fingerprint density at radius 1 is 1.12 bits per heavy atom. The maximum atomic E-state index is 14.0. The minimum absolute atomic E-state index is 0.110. The quantitative estimate of drug-likeness (QED) is 0.544. The van der Waals surface area contributed by atoms with Crippen LogP contribution in [0.25, 0.3) is 0 Å². The molecule has 1 aromatic rings. The summed E-state index contributed by atoms with van der Waals surface area (Å²) in [5, 5.41) is 13.8. The largest absolute Gasteiger partial charge is 0.481 e. The first kappa shape index (κ1) is 18.2. The highest BCUT2D eigenvalue weighted by Crippen LogP contribution is 2.23. The van der Waals surface area contributed by atoms with Gasteiger partial charge in [-0.15, -0.1) is 0 Å². The van der Waals surface area contributed by atoms with Gasteiger partial charge < -0.3 is 15.7 Å². The fourth-order valence-electron chi connectivity index (χ4n) is 2.20. The van der Waals surface area contributed by atoms with Gasteiger partial charge in [-0.05, 0) is 24.6 Å². The summed E-state index contributed by atoms with van der Waals surface area (Å²) >= 11 is 11.5. The van der Waals surface area contributed by atoms with Gasteiger partial charge in [-0.1, -0.05) is 35.4 Å². The Bertz CT molecular complexity index is 690. The van der Waals surface area contributed by atoms with Gasteiger partial charge >= 0.3 is 5.97 Å². The summed E-state index contributed by atoms with van der Waals surface area (Å²) in [5.74, 6) is -4.10. The lowest BCUT2D eigenvalue weighted by Crippen LogP contribution is -2.43. The van der Waals surface area contributed by atoms with Crippen LogP contribution in [0.5, 0.6) is 0 Å². The van der Waals surface area contributed by atoms with Crippen LogP contribution in [0, 0.1) is 5.92 Å². The Hall–Kier alpha value is -2.12. The van der Waals surface area contributed by atoms with E-state index in [9.17, 15) is 18.8 Å². The van der Waals surface area contributed by atoms with Crippen molar-refractivity contribution in [2.75, 3.05) is 5.32 Å². The van der Waals surface area contributed by atoms with Gasteiger partial charge in [0.25, 0.3) is 18.0 Å². The molecular formula is C15H13Cl2FN2O4. The number of hydrogen-bond acceptors (Lipinski definition) is 3. The van der Waals surface area contributed by atoms with Crippen molar-refractivity contribution < 1.29 is 23.9 Å². The van der Waals surface area contributed by atoms with Gasteiger partial charge in [0.1, 0.15) is 0 Å². The summed E-state index contributed by atoms with van der Waals surface area (Å²) in [6, 6.07) is 3.51. The molecule has 9 heteroatoms. The normalized spacial score (nSPS) is 20.5. The van der Waals surface area contributed by atoms with Gasteiger partial charge in [-0.25, -0.2) is 4.39 Å².